The first-order valence-corrected chi connectivity index (χ1v) is 5.89. The maximum atomic E-state index is 11.8. The summed E-state index contributed by atoms with van der Waals surface area (Å²) in [7, 11) is 0. The number of nitrogens with zero attached hydrogens (tertiary/aromatic N) is 2. The van der Waals surface area contributed by atoms with Crippen molar-refractivity contribution < 1.29 is 4.79 Å². The molecule has 0 aliphatic heterocycles. The Hall–Kier alpha value is -2.50. The predicted octanol–water partition coefficient (Wildman–Crippen LogP) is 0.526. The average molecular weight is 258 g/mol. The highest BCUT2D eigenvalue weighted by Crippen LogP contribution is 2.01. The lowest BCUT2D eigenvalue weighted by atomic mass is 10.1. The topological polar surface area (TPSA) is 87.7 Å². The van der Waals surface area contributed by atoms with Crippen LogP contribution in [0.1, 0.15) is 23.0 Å². The van der Waals surface area contributed by atoms with Crippen LogP contribution < -0.4 is 10.9 Å². The van der Waals surface area contributed by atoms with Crippen LogP contribution in [0.3, 0.4) is 0 Å². The molecule has 19 heavy (non-hydrogen) atoms. The summed E-state index contributed by atoms with van der Waals surface area (Å²) >= 11 is 0. The molecule has 0 saturated heterocycles. The van der Waals surface area contributed by atoms with Crippen LogP contribution in [0.5, 0.6) is 0 Å². The van der Waals surface area contributed by atoms with E-state index < -0.39 is 0 Å². The number of carbonyl (C=O) groups is 1. The highest BCUT2D eigenvalue weighted by Gasteiger charge is 2.11. The molecule has 2 rings (SSSR count). The lowest BCUT2D eigenvalue weighted by molar-refractivity contribution is 0.0934. The molecule has 0 radical (unpaired) electrons. The molecule has 0 unspecified atom stereocenters. The summed E-state index contributed by atoms with van der Waals surface area (Å²) in [5, 5.41) is 2.81. The molecule has 6 heteroatoms. The minimum absolute atomic E-state index is 0.0505. The molecule has 2 N–H and O–H groups in total. The van der Waals surface area contributed by atoms with Crippen molar-refractivity contribution in [2.75, 3.05) is 0 Å². The van der Waals surface area contributed by atoms with Gasteiger partial charge in [0.15, 0.2) is 0 Å². The molecule has 1 amide bonds. The maximum absolute atomic E-state index is 11.8. The minimum Gasteiger partial charge on any atom is -0.348 e. The lowest BCUT2D eigenvalue weighted by Gasteiger charge is -2.13. The van der Waals surface area contributed by atoms with Gasteiger partial charge < -0.3 is 10.3 Å². The number of pyridine rings is 1. The Kier molecular flexibility index (Phi) is 4.02. The second-order valence-electron chi connectivity index (χ2n) is 4.24. The third-order valence-electron chi connectivity index (χ3n) is 2.55. The van der Waals surface area contributed by atoms with Gasteiger partial charge in [-0.3, -0.25) is 14.6 Å². The molecule has 2 heterocycles. The molecule has 6 nitrogen and oxygen atoms in total. The van der Waals surface area contributed by atoms with E-state index in [1.54, 1.807) is 12.4 Å². The van der Waals surface area contributed by atoms with Crippen molar-refractivity contribution in [1.82, 2.24) is 20.3 Å². The summed E-state index contributed by atoms with van der Waals surface area (Å²) in [6, 6.07) is 3.76. The monoisotopic (exact) mass is 258 g/mol. The number of hydrogen-bond acceptors (Lipinski definition) is 4. The Bertz CT molecular complexity index is 589. The van der Waals surface area contributed by atoms with Crippen LogP contribution in [0, 0.1) is 0 Å². The summed E-state index contributed by atoms with van der Waals surface area (Å²) in [5.74, 6) is -0.312. The Labute approximate surface area is 109 Å². The van der Waals surface area contributed by atoms with E-state index in [1.165, 1.54) is 6.20 Å². The number of aromatic nitrogens is 3. The second kappa shape index (κ2) is 5.90. The Morgan fingerprint density at radius 1 is 1.47 bits per heavy atom. The average Bonchev–Trinajstić information content (AvgIpc) is 2.40. The molecule has 0 aliphatic rings. The van der Waals surface area contributed by atoms with Gasteiger partial charge in [-0.05, 0) is 25.0 Å². The van der Waals surface area contributed by atoms with Crippen LogP contribution in [0.15, 0.2) is 41.7 Å². The van der Waals surface area contributed by atoms with E-state index in [4.69, 9.17) is 0 Å². The van der Waals surface area contributed by atoms with Crippen molar-refractivity contribution >= 4 is 5.91 Å². The van der Waals surface area contributed by atoms with Crippen LogP contribution in [0.25, 0.3) is 0 Å². The number of aromatic amines is 1. The van der Waals surface area contributed by atoms with Crippen molar-refractivity contribution in [3.05, 3.63) is 58.5 Å². The third-order valence-corrected chi connectivity index (χ3v) is 2.55. The first kappa shape index (κ1) is 12.9. The minimum atomic E-state index is -0.333. The van der Waals surface area contributed by atoms with Gasteiger partial charge in [-0.15, -0.1) is 0 Å². The summed E-state index contributed by atoms with van der Waals surface area (Å²) in [4.78, 5) is 32.9. The van der Waals surface area contributed by atoms with E-state index in [1.807, 2.05) is 19.1 Å². The van der Waals surface area contributed by atoms with Gasteiger partial charge in [0.25, 0.3) is 11.5 Å². The van der Waals surface area contributed by atoms with Crippen molar-refractivity contribution in [2.45, 2.75) is 19.4 Å². The molecule has 1 atom stereocenters. The van der Waals surface area contributed by atoms with Crippen LogP contribution in [0.4, 0.5) is 0 Å². The molecular weight excluding hydrogens is 244 g/mol. The van der Waals surface area contributed by atoms with Crippen molar-refractivity contribution in [3.63, 3.8) is 0 Å². The van der Waals surface area contributed by atoms with Gasteiger partial charge in [-0.2, -0.15) is 0 Å². The van der Waals surface area contributed by atoms with Gasteiger partial charge in [-0.1, -0.05) is 6.07 Å². The quantitative estimate of drug-likeness (QED) is 0.837. The van der Waals surface area contributed by atoms with Gasteiger partial charge in [0.2, 0.25) is 0 Å². The molecular formula is C13H14N4O2. The Morgan fingerprint density at radius 2 is 2.32 bits per heavy atom. The molecule has 2 aromatic heterocycles. The summed E-state index contributed by atoms with van der Waals surface area (Å²) < 4.78 is 0. The Morgan fingerprint density at radius 3 is 2.95 bits per heavy atom. The van der Waals surface area contributed by atoms with Gasteiger partial charge >= 0.3 is 0 Å². The first-order valence-electron chi connectivity index (χ1n) is 5.89. The summed E-state index contributed by atoms with van der Waals surface area (Å²) in [6.07, 6.45) is 6.54. The highest BCUT2D eigenvalue weighted by molar-refractivity contribution is 5.92. The van der Waals surface area contributed by atoms with Crippen LogP contribution in [-0.4, -0.2) is 26.9 Å². The molecule has 0 fully saturated rings. The largest absolute Gasteiger partial charge is 0.348 e. The van der Waals surface area contributed by atoms with Gasteiger partial charge in [0.05, 0.1) is 6.20 Å². The zero-order chi connectivity index (χ0) is 13.7. The number of amides is 1. The number of rotatable bonds is 4. The number of nitrogens with one attached hydrogen (secondary N) is 2. The predicted molar refractivity (Wildman–Crippen MR) is 69.7 cm³/mol. The molecule has 2 aromatic rings. The van der Waals surface area contributed by atoms with Crippen molar-refractivity contribution in [2.24, 2.45) is 0 Å². The van der Waals surface area contributed by atoms with E-state index in [9.17, 15) is 9.59 Å². The van der Waals surface area contributed by atoms with Gasteiger partial charge in [0.1, 0.15) is 5.69 Å². The molecule has 0 aliphatic carbocycles. The molecule has 0 spiro atoms. The van der Waals surface area contributed by atoms with Crippen LogP contribution >= 0.6 is 0 Å². The normalized spacial score (nSPS) is 11.8. The van der Waals surface area contributed by atoms with E-state index in [0.29, 0.717) is 6.42 Å². The number of hydrogen-bond donors (Lipinski definition) is 2. The lowest BCUT2D eigenvalue weighted by Crippen LogP contribution is -2.35. The summed E-state index contributed by atoms with van der Waals surface area (Å²) in [6.45, 7) is 1.90. The van der Waals surface area contributed by atoms with E-state index in [-0.39, 0.29) is 23.2 Å². The van der Waals surface area contributed by atoms with Crippen molar-refractivity contribution in [3.8, 4) is 0 Å². The second-order valence-corrected chi connectivity index (χ2v) is 4.24. The smallest absolute Gasteiger partial charge is 0.271 e. The number of H-pyrrole nitrogens is 1. The number of carbonyl (C=O) groups excluding carboxylic acids is 1. The fraction of sp³-hybridized carbons (Fsp3) is 0.231. The standard InChI is InChI=1S/C13H14N4O2/c1-9(5-10-3-2-4-14-6-10)17-13(19)11-7-16-12(18)8-15-11/h2-4,6-9H,5H2,1H3,(H,16,18)(H,17,19)/t9-/m1/s1. The molecule has 0 aromatic carbocycles. The molecule has 98 valence electrons. The first-order chi connectivity index (χ1) is 9.15. The van der Waals surface area contributed by atoms with Crippen LogP contribution in [-0.2, 0) is 6.42 Å². The van der Waals surface area contributed by atoms with Crippen molar-refractivity contribution in [1.29, 1.82) is 0 Å². The van der Waals surface area contributed by atoms with Gasteiger partial charge in [0, 0.05) is 24.6 Å². The van der Waals surface area contributed by atoms with Gasteiger partial charge in [-0.25, -0.2) is 4.98 Å². The molecule has 0 saturated carbocycles. The fourth-order valence-corrected chi connectivity index (χ4v) is 1.69. The zero-order valence-electron chi connectivity index (χ0n) is 10.5. The van der Waals surface area contributed by atoms with E-state index in [0.717, 1.165) is 11.8 Å². The van der Waals surface area contributed by atoms with E-state index in [2.05, 4.69) is 20.3 Å². The SMILES string of the molecule is C[C@H](Cc1cccnc1)NC(=O)c1c[nH]c(=O)cn1. The fourth-order valence-electron chi connectivity index (χ4n) is 1.69. The summed E-state index contributed by atoms with van der Waals surface area (Å²) in [5.41, 5.74) is 0.905. The molecule has 0 bridgehead atoms. The van der Waals surface area contributed by atoms with Crippen LogP contribution in [0.2, 0.25) is 0 Å². The zero-order valence-corrected chi connectivity index (χ0v) is 10.5. The van der Waals surface area contributed by atoms with E-state index >= 15 is 0 Å². The highest BCUT2D eigenvalue weighted by atomic mass is 16.2. The third kappa shape index (κ3) is 3.74. The Balaban J connectivity index is 1.95. The maximum Gasteiger partial charge on any atom is 0.271 e.